The van der Waals surface area contributed by atoms with Crippen molar-refractivity contribution in [1.29, 1.82) is 0 Å². The van der Waals surface area contributed by atoms with Gasteiger partial charge in [0, 0.05) is 20.0 Å². The third-order valence-electron chi connectivity index (χ3n) is 2.98. The fourth-order valence-corrected chi connectivity index (χ4v) is 1.54. The SMILES string of the molecule is CC(=O)CCC(C)(C)CCN(C)C(=O)OC(C)(C)C. The standard InChI is InChI=1S/C15H29NO3/c1-12(17)8-9-15(5,6)10-11-16(7)13(18)19-14(2,3)4/h8-11H2,1-7H3. The Hall–Kier alpha value is -1.06. The van der Waals surface area contributed by atoms with Gasteiger partial charge in [0.15, 0.2) is 0 Å². The minimum absolute atomic E-state index is 0.0575. The highest BCUT2D eigenvalue weighted by Gasteiger charge is 2.23. The number of hydrogen-bond donors (Lipinski definition) is 0. The van der Waals surface area contributed by atoms with E-state index in [0.717, 1.165) is 12.8 Å². The molecule has 0 radical (unpaired) electrons. The number of amides is 1. The predicted molar refractivity (Wildman–Crippen MR) is 77.2 cm³/mol. The molecule has 0 aliphatic carbocycles. The lowest BCUT2D eigenvalue weighted by molar-refractivity contribution is -0.117. The van der Waals surface area contributed by atoms with Crippen molar-refractivity contribution in [3.63, 3.8) is 0 Å². The highest BCUT2D eigenvalue weighted by atomic mass is 16.6. The second-order valence-electron chi connectivity index (χ2n) is 7.02. The van der Waals surface area contributed by atoms with E-state index in [2.05, 4.69) is 13.8 Å². The van der Waals surface area contributed by atoms with Gasteiger partial charge in [-0.3, -0.25) is 0 Å². The zero-order chi connectivity index (χ0) is 15.3. The minimum atomic E-state index is -0.463. The van der Waals surface area contributed by atoms with Gasteiger partial charge in [-0.25, -0.2) is 4.79 Å². The van der Waals surface area contributed by atoms with E-state index >= 15 is 0 Å². The summed E-state index contributed by atoms with van der Waals surface area (Å²) in [6.07, 6.45) is 2.01. The summed E-state index contributed by atoms with van der Waals surface area (Å²) in [5, 5.41) is 0. The molecule has 0 aromatic heterocycles. The molecule has 0 heterocycles. The summed E-state index contributed by atoms with van der Waals surface area (Å²) in [7, 11) is 1.75. The Kier molecular flexibility index (Phi) is 6.53. The van der Waals surface area contributed by atoms with Gasteiger partial charge in [-0.05, 0) is 46.0 Å². The monoisotopic (exact) mass is 271 g/mol. The van der Waals surface area contributed by atoms with Gasteiger partial charge >= 0.3 is 6.09 Å². The topological polar surface area (TPSA) is 46.6 Å². The normalized spacial score (nSPS) is 12.2. The number of Topliss-reactive ketones (excluding diaryl/α,β-unsaturated/α-hetero) is 1. The van der Waals surface area contributed by atoms with Crippen molar-refractivity contribution in [3.8, 4) is 0 Å². The van der Waals surface area contributed by atoms with Crippen molar-refractivity contribution in [3.05, 3.63) is 0 Å². The Bertz CT molecular complexity index is 316. The van der Waals surface area contributed by atoms with E-state index in [9.17, 15) is 9.59 Å². The molecule has 0 aromatic rings. The smallest absolute Gasteiger partial charge is 0.410 e. The molecule has 0 aromatic carbocycles. The van der Waals surface area contributed by atoms with Crippen LogP contribution in [0.1, 0.15) is 60.8 Å². The van der Waals surface area contributed by atoms with Crippen LogP contribution >= 0.6 is 0 Å². The van der Waals surface area contributed by atoms with Crippen LogP contribution in [0.3, 0.4) is 0 Å². The minimum Gasteiger partial charge on any atom is -0.444 e. The van der Waals surface area contributed by atoms with Crippen molar-refractivity contribution in [2.45, 2.75) is 66.4 Å². The lowest BCUT2D eigenvalue weighted by atomic mass is 9.83. The molecule has 0 aliphatic heterocycles. The van der Waals surface area contributed by atoms with Gasteiger partial charge in [0.2, 0.25) is 0 Å². The van der Waals surface area contributed by atoms with Crippen LogP contribution in [0.15, 0.2) is 0 Å². The van der Waals surface area contributed by atoms with Crippen molar-refractivity contribution < 1.29 is 14.3 Å². The van der Waals surface area contributed by atoms with Crippen LogP contribution in [0.25, 0.3) is 0 Å². The zero-order valence-corrected chi connectivity index (χ0v) is 13.5. The number of hydrogen-bond acceptors (Lipinski definition) is 3. The number of nitrogens with zero attached hydrogens (tertiary/aromatic N) is 1. The third-order valence-corrected chi connectivity index (χ3v) is 2.98. The van der Waals surface area contributed by atoms with Gasteiger partial charge in [-0.15, -0.1) is 0 Å². The number of carbonyl (C=O) groups is 2. The first kappa shape index (κ1) is 17.9. The van der Waals surface area contributed by atoms with Crippen LogP contribution < -0.4 is 0 Å². The summed E-state index contributed by atoms with van der Waals surface area (Å²) < 4.78 is 5.30. The van der Waals surface area contributed by atoms with Crippen LogP contribution in [0.4, 0.5) is 4.79 Å². The molecule has 0 atom stereocenters. The predicted octanol–water partition coefficient (Wildman–Crippen LogP) is 3.64. The Labute approximate surface area is 117 Å². The molecule has 1 amide bonds. The van der Waals surface area contributed by atoms with Gasteiger partial charge in [0.25, 0.3) is 0 Å². The molecule has 4 heteroatoms. The Morgan fingerprint density at radius 2 is 1.58 bits per heavy atom. The maximum absolute atomic E-state index is 11.8. The molecule has 4 nitrogen and oxygen atoms in total. The van der Waals surface area contributed by atoms with Crippen LogP contribution in [0.5, 0.6) is 0 Å². The van der Waals surface area contributed by atoms with E-state index in [1.807, 2.05) is 20.8 Å². The Morgan fingerprint density at radius 1 is 1.05 bits per heavy atom. The van der Waals surface area contributed by atoms with Gasteiger partial charge in [-0.1, -0.05) is 13.8 Å². The molecular formula is C15H29NO3. The van der Waals surface area contributed by atoms with Crippen LogP contribution in [-0.4, -0.2) is 36.0 Å². The zero-order valence-electron chi connectivity index (χ0n) is 13.5. The molecule has 0 fully saturated rings. The van der Waals surface area contributed by atoms with Gasteiger partial charge < -0.3 is 14.4 Å². The molecular weight excluding hydrogens is 242 g/mol. The van der Waals surface area contributed by atoms with Gasteiger partial charge in [0.1, 0.15) is 11.4 Å². The average Bonchev–Trinajstić information content (AvgIpc) is 2.21. The molecule has 112 valence electrons. The summed E-state index contributed by atoms with van der Waals surface area (Å²) in [6, 6.07) is 0. The molecule has 0 saturated carbocycles. The first-order chi connectivity index (χ1) is 8.43. The second kappa shape index (κ2) is 6.92. The van der Waals surface area contributed by atoms with Crippen molar-refractivity contribution >= 4 is 11.9 Å². The number of rotatable bonds is 6. The maximum atomic E-state index is 11.8. The lowest BCUT2D eigenvalue weighted by Gasteiger charge is -2.29. The van der Waals surface area contributed by atoms with E-state index in [4.69, 9.17) is 4.74 Å². The van der Waals surface area contributed by atoms with E-state index in [1.54, 1.807) is 18.9 Å². The van der Waals surface area contributed by atoms with Crippen LogP contribution in [-0.2, 0) is 9.53 Å². The fraction of sp³-hybridized carbons (Fsp3) is 0.867. The van der Waals surface area contributed by atoms with Crippen LogP contribution in [0, 0.1) is 5.41 Å². The van der Waals surface area contributed by atoms with Gasteiger partial charge in [0.05, 0.1) is 0 Å². The molecule has 0 aliphatic rings. The molecule has 0 saturated heterocycles. The Balaban J connectivity index is 4.17. The molecule has 0 N–H and O–H groups in total. The average molecular weight is 271 g/mol. The summed E-state index contributed by atoms with van der Waals surface area (Å²) in [5.41, 5.74) is -0.405. The molecule has 19 heavy (non-hydrogen) atoms. The van der Waals surface area contributed by atoms with Crippen molar-refractivity contribution in [2.24, 2.45) is 5.41 Å². The number of carbonyl (C=O) groups excluding carboxylic acids is 2. The van der Waals surface area contributed by atoms with Gasteiger partial charge in [-0.2, -0.15) is 0 Å². The molecule has 0 unspecified atom stereocenters. The highest BCUT2D eigenvalue weighted by Crippen LogP contribution is 2.27. The molecule has 0 rings (SSSR count). The lowest BCUT2D eigenvalue weighted by Crippen LogP contribution is -2.36. The quantitative estimate of drug-likeness (QED) is 0.741. The summed E-state index contributed by atoms with van der Waals surface area (Å²) >= 11 is 0. The molecule has 0 spiro atoms. The van der Waals surface area contributed by atoms with E-state index in [0.29, 0.717) is 13.0 Å². The van der Waals surface area contributed by atoms with Crippen LogP contribution in [0.2, 0.25) is 0 Å². The van der Waals surface area contributed by atoms with Crippen molar-refractivity contribution in [1.82, 2.24) is 4.90 Å². The van der Waals surface area contributed by atoms with E-state index in [1.165, 1.54) is 0 Å². The maximum Gasteiger partial charge on any atom is 0.410 e. The summed E-state index contributed by atoms with van der Waals surface area (Å²) in [5.74, 6) is 0.216. The first-order valence-electron chi connectivity index (χ1n) is 6.86. The largest absolute Gasteiger partial charge is 0.444 e. The summed E-state index contributed by atoms with van der Waals surface area (Å²) in [4.78, 5) is 24.4. The molecule has 0 bridgehead atoms. The highest BCUT2D eigenvalue weighted by molar-refractivity contribution is 5.75. The van der Waals surface area contributed by atoms with E-state index < -0.39 is 5.60 Å². The summed E-state index contributed by atoms with van der Waals surface area (Å²) in [6.45, 7) is 12.1. The number of ketones is 1. The van der Waals surface area contributed by atoms with E-state index in [-0.39, 0.29) is 17.3 Å². The Morgan fingerprint density at radius 3 is 2.00 bits per heavy atom. The third kappa shape index (κ3) is 9.51. The van der Waals surface area contributed by atoms with Crippen molar-refractivity contribution in [2.75, 3.05) is 13.6 Å². The fourth-order valence-electron chi connectivity index (χ4n) is 1.54. The number of ether oxygens (including phenoxy) is 1. The first-order valence-corrected chi connectivity index (χ1v) is 6.86. The second-order valence-corrected chi connectivity index (χ2v) is 7.02.